The predicted molar refractivity (Wildman–Crippen MR) is 78.1 cm³/mol. The summed E-state index contributed by atoms with van der Waals surface area (Å²) in [5.41, 5.74) is 4.68. The van der Waals surface area contributed by atoms with Gasteiger partial charge in [-0.05, 0) is 38.0 Å². The van der Waals surface area contributed by atoms with Gasteiger partial charge in [-0.15, -0.1) is 0 Å². The van der Waals surface area contributed by atoms with Crippen molar-refractivity contribution in [2.24, 2.45) is 23.0 Å². The molecule has 1 aliphatic rings. The lowest BCUT2D eigenvalue weighted by Crippen LogP contribution is -2.57. The highest BCUT2D eigenvalue weighted by Crippen LogP contribution is 2.45. The molecule has 3 atom stereocenters. The zero-order valence-corrected chi connectivity index (χ0v) is 13.4. The van der Waals surface area contributed by atoms with Crippen LogP contribution in [0.5, 0.6) is 0 Å². The number of rotatable bonds is 3. The van der Waals surface area contributed by atoms with Crippen LogP contribution in [0.25, 0.3) is 0 Å². The Morgan fingerprint density at radius 3 is 2.25 bits per heavy atom. The van der Waals surface area contributed by atoms with Gasteiger partial charge >= 0.3 is 5.97 Å². The summed E-state index contributed by atoms with van der Waals surface area (Å²) < 4.78 is 0. The van der Waals surface area contributed by atoms with E-state index in [1.807, 2.05) is 0 Å². The van der Waals surface area contributed by atoms with Crippen LogP contribution in [0, 0.1) is 17.3 Å². The van der Waals surface area contributed by atoms with Crippen LogP contribution in [-0.2, 0) is 9.59 Å². The average molecular weight is 284 g/mol. The molecule has 1 fully saturated rings. The Kier molecular flexibility index (Phi) is 4.54. The highest BCUT2D eigenvalue weighted by Gasteiger charge is 2.48. The maximum absolute atomic E-state index is 12.7. The van der Waals surface area contributed by atoms with E-state index in [0.29, 0.717) is 0 Å². The molecule has 0 bridgehead atoms. The van der Waals surface area contributed by atoms with Crippen molar-refractivity contribution in [1.29, 1.82) is 0 Å². The molecule has 0 saturated heterocycles. The highest BCUT2D eigenvalue weighted by molar-refractivity contribution is 5.87. The Bertz CT molecular complexity index is 404. The predicted octanol–water partition coefficient (Wildman–Crippen LogP) is 1.71. The van der Waals surface area contributed by atoms with E-state index >= 15 is 0 Å². The maximum Gasteiger partial charge on any atom is 0.329 e. The second kappa shape index (κ2) is 5.35. The fourth-order valence-corrected chi connectivity index (χ4v) is 2.94. The first-order chi connectivity index (χ1) is 8.94. The van der Waals surface area contributed by atoms with Crippen LogP contribution in [0.1, 0.15) is 47.5 Å². The Morgan fingerprint density at radius 1 is 1.30 bits per heavy atom. The van der Waals surface area contributed by atoms with E-state index in [1.54, 1.807) is 20.9 Å². The number of carbonyl (C=O) groups excluding carboxylic acids is 1. The van der Waals surface area contributed by atoms with Crippen molar-refractivity contribution in [2.45, 2.75) is 59.0 Å². The number of likely N-dealkylation sites (N-methyl/N-ethyl adjacent to an activating group) is 1. The number of aliphatic carboxylic acids is 1. The summed E-state index contributed by atoms with van der Waals surface area (Å²) in [5.74, 6) is -1.04. The zero-order chi connectivity index (χ0) is 15.9. The van der Waals surface area contributed by atoms with Crippen molar-refractivity contribution in [3.8, 4) is 0 Å². The van der Waals surface area contributed by atoms with Gasteiger partial charge in [0.15, 0.2) is 0 Å². The van der Waals surface area contributed by atoms with Crippen LogP contribution in [0.4, 0.5) is 0 Å². The van der Waals surface area contributed by atoms with Crippen molar-refractivity contribution in [1.82, 2.24) is 4.90 Å². The normalized spacial score (nSPS) is 29.9. The van der Waals surface area contributed by atoms with Gasteiger partial charge in [-0.25, -0.2) is 4.79 Å². The summed E-state index contributed by atoms with van der Waals surface area (Å²) >= 11 is 0. The van der Waals surface area contributed by atoms with E-state index in [2.05, 4.69) is 20.8 Å². The second-order valence-corrected chi connectivity index (χ2v) is 7.17. The molecule has 1 amide bonds. The lowest BCUT2D eigenvalue weighted by Gasteiger charge is -2.48. The van der Waals surface area contributed by atoms with E-state index in [4.69, 9.17) is 5.73 Å². The molecule has 3 N–H and O–H groups in total. The Morgan fingerprint density at radius 2 is 1.80 bits per heavy atom. The summed E-state index contributed by atoms with van der Waals surface area (Å²) in [6.45, 7) is 9.30. The van der Waals surface area contributed by atoms with Gasteiger partial charge in [0.2, 0.25) is 5.91 Å². The van der Waals surface area contributed by atoms with Crippen LogP contribution >= 0.6 is 0 Å². The number of carboxylic acids is 1. The molecule has 0 aliphatic heterocycles. The number of hydrogen-bond donors (Lipinski definition) is 2. The molecule has 5 nitrogen and oxygen atoms in total. The third-order valence-corrected chi connectivity index (χ3v) is 5.49. The molecular formula is C15H28N2O3. The topological polar surface area (TPSA) is 83.6 Å². The molecule has 0 aromatic heterocycles. The van der Waals surface area contributed by atoms with Crippen molar-refractivity contribution in [3.63, 3.8) is 0 Å². The third kappa shape index (κ3) is 2.68. The number of carboxylic acid groups (broad SMARTS) is 1. The largest absolute Gasteiger partial charge is 0.480 e. The molecule has 5 heteroatoms. The zero-order valence-electron chi connectivity index (χ0n) is 13.4. The van der Waals surface area contributed by atoms with E-state index in [0.717, 1.165) is 12.8 Å². The molecule has 20 heavy (non-hydrogen) atoms. The second-order valence-electron chi connectivity index (χ2n) is 7.17. The van der Waals surface area contributed by atoms with Crippen LogP contribution in [-0.4, -0.2) is 40.5 Å². The smallest absolute Gasteiger partial charge is 0.329 e. The summed E-state index contributed by atoms with van der Waals surface area (Å²) in [6.07, 6.45) is 1.53. The quantitative estimate of drug-likeness (QED) is 0.826. The minimum atomic E-state index is -1.20. The maximum atomic E-state index is 12.7. The molecular weight excluding hydrogens is 256 g/mol. The molecule has 1 saturated carbocycles. The van der Waals surface area contributed by atoms with Gasteiger partial charge in [0.05, 0.1) is 0 Å². The van der Waals surface area contributed by atoms with Gasteiger partial charge in [0, 0.05) is 19.0 Å². The summed E-state index contributed by atoms with van der Waals surface area (Å²) in [7, 11) is 1.58. The van der Waals surface area contributed by atoms with E-state index in [-0.39, 0.29) is 29.2 Å². The average Bonchev–Trinajstić information content (AvgIpc) is 2.34. The fraction of sp³-hybridized carbons (Fsp3) is 0.867. The van der Waals surface area contributed by atoms with Crippen molar-refractivity contribution in [2.75, 3.05) is 7.05 Å². The molecule has 0 aromatic rings. The van der Waals surface area contributed by atoms with Gasteiger partial charge in [-0.2, -0.15) is 0 Å². The molecule has 0 aromatic carbocycles. The molecule has 116 valence electrons. The summed E-state index contributed by atoms with van der Waals surface area (Å²) in [4.78, 5) is 25.4. The van der Waals surface area contributed by atoms with Crippen LogP contribution < -0.4 is 5.73 Å². The van der Waals surface area contributed by atoms with Crippen LogP contribution in [0.15, 0.2) is 0 Å². The lowest BCUT2D eigenvalue weighted by atomic mass is 9.60. The van der Waals surface area contributed by atoms with Crippen molar-refractivity contribution in [3.05, 3.63) is 0 Å². The standard InChI is InChI=1S/C15H28N2O3/c1-9-11(16)8-7-10(14(9,2)3)12(18)17(6)15(4,5)13(19)20/h9-11H,7-8,16H2,1-6H3,(H,19,20). The molecule has 1 rings (SSSR count). The Hall–Kier alpha value is -1.10. The van der Waals surface area contributed by atoms with Crippen LogP contribution in [0.3, 0.4) is 0 Å². The summed E-state index contributed by atoms with van der Waals surface area (Å²) in [6, 6.07) is 0.104. The molecule has 0 radical (unpaired) electrons. The van der Waals surface area contributed by atoms with Crippen LogP contribution in [0.2, 0.25) is 0 Å². The van der Waals surface area contributed by atoms with Gasteiger partial charge in [0.1, 0.15) is 5.54 Å². The fourth-order valence-electron chi connectivity index (χ4n) is 2.94. The first kappa shape index (κ1) is 17.0. The Balaban J connectivity index is 3.00. The van der Waals surface area contributed by atoms with Gasteiger partial charge in [0.25, 0.3) is 0 Å². The number of nitrogens with two attached hydrogens (primary N) is 1. The summed E-state index contributed by atoms with van der Waals surface area (Å²) in [5, 5.41) is 9.27. The van der Waals surface area contributed by atoms with Crippen molar-refractivity contribution >= 4 is 11.9 Å². The third-order valence-electron chi connectivity index (χ3n) is 5.49. The van der Waals surface area contributed by atoms with Gasteiger partial charge in [-0.3, -0.25) is 4.79 Å². The molecule has 0 heterocycles. The number of carbonyl (C=O) groups is 2. The van der Waals surface area contributed by atoms with E-state index < -0.39 is 11.5 Å². The van der Waals surface area contributed by atoms with Crippen molar-refractivity contribution < 1.29 is 14.7 Å². The lowest BCUT2D eigenvalue weighted by molar-refractivity contribution is -0.160. The van der Waals surface area contributed by atoms with E-state index in [1.165, 1.54) is 4.90 Å². The van der Waals surface area contributed by atoms with Gasteiger partial charge in [-0.1, -0.05) is 20.8 Å². The minimum absolute atomic E-state index is 0.0962. The highest BCUT2D eigenvalue weighted by atomic mass is 16.4. The molecule has 3 unspecified atom stereocenters. The monoisotopic (exact) mass is 284 g/mol. The first-order valence-electron chi connectivity index (χ1n) is 7.20. The minimum Gasteiger partial charge on any atom is -0.480 e. The van der Waals surface area contributed by atoms with Gasteiger partial charge < -0.3 is 15.7 Å². The van der Waals surface area contributed by atoms with E-state index in [9.17, 15) is 14.7 Å². The SMILES string of the molecule is CC1C(N)CCC(C(=O)N(C)C(C)(C)C(=O)O)C1(C)C. The number of nitrogens with zero attached hydrogens (tertiary/aromatic N) is 1. The molecule has 0 spiro atoms. The first-order valence-corrected chi connectivity index (χ1v) is 7.20. The number of amides is 1. The number of hydrogen-bond acceptors (Lipinski definition) is 3. The Labute approximate surface area is 121 Å². The molecule has 1 aliphatic carbocycles.